The van der Waals surface area contributed by atoms with Gasteiger partial charge in [-0.3, -0.25) is 4.79 Å². The Balaban J connectivity index is 1.27. The molecule has 0 bridgehead atoms. The highest BCUT2D eigenvalue weighted by Gasteiger charge is 2.51. The predicted molar refractivity (Wildman–Crippen MR) is 178 cm³/mol. The highest BCUT2D eigenvalue weighted by molar-refractivity contribution is 6.62. The first-order valence-electron chi connectivity index (χ1n) is 15.8. The topological polar surface area (TPSA) is 57.2 Å². The third-order valence-corrected chi connectivity index (χ3v) is 9.20. The molecule has 0 saturated carbocycles. The van der Waals surface area contributed by atoms with E-state index < -0.39 is 18.3 Å². The zero-order valence-corrected chi connectivity index (χ0v) is 27.1. The van der Waals surface area contributed by atoms with Crippen molar-refractivity contribution in [2.75, 3.05) is 0 Å². The van der Waals surface area contributed by atoms with Crippen LogP contribution in [0.5, 0.6) is 11.5 Å². The third-order valence-electron chi connectivity index (χ3n) is 9.20. The number of fused-ring (bicyclic) bond motifs is 1. The number of hydrogen-bond acceptors (Lipinski definition) is 5. The van der Waals surface area contributed by atoms with Crippen LogP contribution in [0.1, 0.15) is 85.6 Å². The fourth-order valence-corrected chi connectivity index (χ4v) is 5.77. The summed E-state index contributed by atoms with van der Waals surface area (Å²) in [5.41, 5.74) is 5.99. The highest BCUT2D eigenvalue weighted by Crippen LogP contribution is 2.38. The Hall–Kier alpha value is -4.07. The lowest BCUT2D eigenvalue weighted by Gasteiger charge is -2.32. The molecule has 0 aromatic heterocycles. The Kier molecular flexibility index (Phi) is 8.51. The molecular formula is C38H42BNO5. The van der Waals surface area contributed by atoms with Gasteiger partial charge in [-0.05, 0) is 73.0 Å². The van der Waals surface area contributed by atoms with Crippen LogP contribution < -0.4 is 14.9 Å². The van der Waals surface area contributed by atoms with Gasteiger partial charge in [0.2, 0.25) is 0 Å². The second-order valence-corrected chi connectivity index (χ2v) is 13.4. The van der Waals surface area contributed by atoms with Crippen LogP contribution in [0.25, 0.3) is 0 Å². The first-order chi connectivity index (χ1) is 21.5. The largest absolute Gasteiger partial charge is 0.494 e. The molecule has 0 spiro atoms. The van der Waals surface area contributed by atoms with Crippen LogP contribution in [0, 0.1) is 0 Å². The Bertz CT molecular complexity index is 1650. The van der Waals surface area contributed by atoms with Crippen LogP contribution in [0.4, 0.5) is 0 Å². The highest BCUT2D eigenvalue weighted by atomic mass is 16.7. The summed E-state index contributed by atoms with van der Waals surface area (Å²) in [7, 11) is -0.444. The maximum absolute atomic E-state index is 14.3. The van der Waals surface area contributed by atoms with Crippen molar-refractivity contribution in [1.29, 1.82) is 0 Å². The summed E-state index contributed by atoms with van der Waals surface area (Å²) in [6.45, 7) is 14.3. The Morgan fingerprint density at radius 1 is 0.756 bits per heavy atom. The lowest BCUT2D eigenvalue weighted by molar-refractivity contribution is 0.00578. The summed E-state index contributed by atoms with van der Waals surface area (Å²) in [6, 6.07) is 30.2. The Morgan fingerprint density at radius 2 is 1.31 bits per heavy atom. The molecule has 0 aliphatic carbocycles. The van der Waals surface area contributed by atoms with E-state index >= 15 is 0 Å². The maximum atomic E-state index is 14.3. The molecule has 1 saturated heterocycles. The van der Waals surface area contributed by atoms with Crippen molar-refractivity contribution in [3.05, 3.63) is 124 Å². The fourth-order valence-electron chi connectivity index (χ4n) is 5.77. The van der Waals surface area contributed by atoms with Crippen LogP contribution in [0.15, 0.2) is 91.0 Å². The number of nitrogens with zero attached hydrogens (tertiary/aromatic N) is 1. The van der Waals surface area contributed by atoms with Crippen LogP contribution in [0.2, 0.25) is 0 Å². The average molecular weight is 604 g/mol. The van der Waals surface area contributed by atoms with Gasteiger partial charge in [0.1, 0.15) is 24.7 Å². The number of ether oxygens (including phenoxy) is 2. The van der Waals surface area contributed by atoms with E-state index in [4.69, 9.17) is 18.8 Å². The number of amides is 1. The van der Waals surface area contributed by atoms with Gasteiger partial charge in [-0.25, -0.2) is 0 Å². The number of rotatable bonds is 9. The molecule has 4 aromatic rings. The summed E-state index contributed by atoms with van der Waals surface area (Å²) in [6.07, 6.45) is 0. The molecule has 4 aromatic carbocycles. The van der Waals surface area contributed by atoms with E-state index in [0.29, 0.717) is 37.6 Å². The van der Waals surface area contributed by atoms with E-state index in [-0.39, 0.29) is 11.8 Å². The van der Waals surface area contributed by atoms with Crippen molar-refractivity contribution in [2.24, 2.45) is 0 Å². The quantitative estimate of drug-likeness (QED) is 0.186. The molecule has 6 nitrogen and oxygen atoms in total. The lowest BCUT2D eigenvalue weighted by atomic mass is 9.78. The summed E-state index contributed by atoms with van der Waals surface area (Å²) >= 11 is 0. The molecule has 0 radical (unpaired) electrons. The third kappa shape index (κ3) is 6.51. The van der Waals surface area contributed by atoms with E-state index in [2.05, 4.69) is 59.7 Å². The minimum atomic E-state index is -0.444. The van der Waals surface area contributed by atoms with Crippen molar-refractivity contribution in [1.82, 2.24) is 4.90 Å². The summed E-state index contributed by atoms with van der Waals surface area (Å²) in [5.74, 6) is 1.32. The van der Waals surface area contributed by atoms with Gasteiger partial charge in [-0.1, -0.05) is 92.7 Å². The van der Waals surface area contributed by atoms with Crippen LogP contribution >= 0.6 is 0 Å². The SMILES string of the molecule is CC(C)c1cc(C(=O)N2Cc3ccc(B4OC(C)(C)C(C)(C)O4)cc3C2)c(OCc2ccccc2)cc1OCc1ccccc1. The molecule has 0 atom stereocenters. The van der Waals surface area contributed by atoms with Crippen molar-refractivity contribution in [2.45, 2.75) is 85.0 Å². The van der Waals surface area contributed by atoms with E-state index in [1.165, 1.54) is 0 Å². The zero-order chi connectivity index (χ0) is 31.8. The summed E-state index contributed by atoms with van der Waals surface area (Å²) in [5, 5.41) is 0. The number of hydrogen-bond donors (Lipinski definition) is 0. The van der Waals surface area contributed by atoms with Crippen molar-refractivity contribution < 1.29 is 23.6 Å². The molecule has 6 rings (SSSR count). The summed E-state index contributed by atoms with van der Waals surface area (Å²) in [4.78, 5) is 16.2. The number of carbonyl (C=O) groups excluding carboxylic acids is 1. The number of carbonyl (C=O) groups is 1. The monoisotopic (exact) mass is 603 g/mol. The minimum absolute atomic E-state index is 0.0667. The second kappa shape index (κ2) is 12.4. The Labute approximate surface area is 267 Å². The normalized spacial score (nSPS) is 16.6. The molecular weight excluding hydrogens is 561 g/mol. The van der Waals surface area contributed by atoms with E-state index in [1.807, 2.05) is 77.7 Å². The van der Waals surface area contributed by atoms with Gasteiger partial charge in [0.05, 0.1) is 16.8 Å². The molecule has 1 amide bonds. The van der Waals surface area contributed by atoms with E-state index in [9.17, 15) is 4.79 Å². The van der Waals surface area contributed by atoms with Crippen LogP contribution in [0.3, 0.4) is 0 Å². The minimum Gasteiger partial charge on any atom is -0.488 e. The molecule has 45 heavy (non-hydrogen) atoms. The van der Waals surface area contributed by atoms with Crippen molar-refractivity contribution in [3.8, 4) is 11.5 Å². The van der Waals surface area contributed by atoms with Gasteiger partial charge in [0, 0.05) is 19.2 Å². The van der Waals surface area contributed by atoms with Gasteiger partial charge in [0.25, 0.3) is 5.91 Å². The molecule has 2 aliphatic heterocycles. The lowest BCUT2D eigenvalue weighted by Crippen LogP contribution is -2.41. The van der Waals surface area contributed by atoms with Gasteiger partial charge in [0.15, 0.2) is 0 Å². The molecule has 1 fully saturated rings. The zero-order valence-electron chi connectivity index (χ0n) is 27.1. The molecule has 232 valence electrons. The Morgan fingerprint density at radius 3 is 1.89 bits per heavy atom. The summed E-state index contributed by atoms with van der Waals surface area (Å²) < 4.78 is 25.3. The molecule has 2 aliphatic rings. The van der Waals surface area contributed by atoms with Gasteiger partial charge in [-0.15, -0.1) is 0 Å². The predicted octanol–water partition coefficient (Wildman–Crippen LogP) is 7.42. The second-order valence-electron chi connectivity index (χ2n) is 13.4. The standard InChI is InChI=1S/C38H42BNO5/c1-26(2)32-20-33(35(43-25-28-15-11-8-12-16-28)21-34(32)42-24-27-13-9-7-10-14-27)36(41)40-22-29-17-18-31(19-30(29)23-40)39-44-37(3,4)38(5,6)45-39/h7-21,26H,22-25H2,1-6H3. The number of benzene rings is 4. The van der Waals surface area contributed by atoms with Gasteiger partial charge >= 0.3 is 7.12 Å². The smallest absolute Gasteiger partial charge is 0.488 e. The van der Waals surface area contributed by atoms with Crippen LogP contribution in [-0.2, 0) is 35.6 Å². The van der Waals surface area contributed by atoms with Gasteiger partial charge in [-0.2, -0.15) is 0 Å². The molecule has 2 heterocycles. The van der Waals surface area contributed by atoms with Crippen molar-refractivity contribution in [3.63, 3.8) is 0 Å². The molecule has 0 N–H and O–H groups in total. The fraction of sp³-hybridized carbons (Fsp3) is 0.342. The van der Waals surface area contributed by atoms with E-state index in [1.54, 1.807) is 0 Å². The maximum Gasteiger partial charge on any atom is 0.494 e. The molecule has 0 unspecified atom stereocenters. The van der Waals surface area contributed by atoms with E-state index in [0.717, 1.165) is 39.0 Å². The first kappa shape index (κ1) is 30.9. The van der Waals surface area contributed by atoms with Crippen molar-refractivity contribution >= 4 is 18.5 Å². The average Bonchev–Trinajstić information content (AvgIpc) is 3.55. The van der Waals surface area contributed by atoms with Gasteiger partial charge < -0.3 is 23.7 Å². The van der Waals surface area contributed by atoms with Crippen LogP contribution in [-0.4, -0.2) is 29.1 Å². The first-order valence-corrected chi connectivity index (χ1v) is 15.8. The molecule has 7 heteroatoms.